The topological polar surface area (TPSA) is 87.7 Å². The van der Waals surface area contributed by atoms with Gasteiger partial charge in [0.1, 0.15) is 0 Å². The van der Waals surface area contributed by atoms with E-state index in [9.17, 15) is 14.4 Å². The van der Waals surface area contributed by atoms with Crippen LogP contribution in [0.2, 0.25) is 0 Å². The summed E-state index contributed by atoms with van der Waals surface area (Å²) in [5.41, 5.74) is 3.87. The second-order valence-electron chi connectivity index (χ2n) is 9.00. The molecule has 0 unspecified atom stereocenters. The number of hydrogen-bond acceptors (Lipinski definition) is 4. The van der Waals surface area contributed by atoms with E-state index in [0.717, 1.165) is 18.4 Å². The van der Waals surface area contributed by atoms with Crippen LogP contribution in [0.4, 0.5) is 4.79 Å². The van der Waals surface area contributed by atoms with Crippen LogP contribution in [0.3, 0.4) is 0 Å². The van der Waals surface area contributed by atoms with E-state index in [-0.39, 0.29) is 42.5 Å². The van der Waals surface area contributed by atoms with E-state index in [4.69, 9.17) is 4.74 Å². The van der Waals surface area contributed by atoms with Gasteiger partial charge >= 0.3 is 12.0 Å². The standard InChI is InChI=1S/C24H35N3O4/c1-16(2)25-24(30)27-12-10-19(11-13-27)23(29)31-15-22(28)26-17(3)20-9-8-18-6-4-5-7-21(18)14-20/h8-9,14,16-17,19H,4-7,10-13,15H2,1-3H3,(H,25,30)(H,26,28)/t17-/m1/s1. The fraction of sp³-hybridized carbons (Fsp3) is 0.625. The summed E-state index contributed by atoms with van der Waals surface area (Å²) in [6, 6.07) is 6.27. The summed E-state index contributed by atoms with van der Waals surface area (Å²) in [4.78, 5) is 38.4. The van der Waals surface area contributed by atoms with E-state index in [1.165, 1.54) is 24.0 Å². The molecular formula is C24H35N3O4. The molecule has 1 fully saturated rings. The van der Waals surface area contributed by atoms with Gasteiger partial charge < -0.3 is 20.3 Å². The van der Waals surface area contributed by atoms with Crippen LogP contribution in [-0.4, -0.2) is 48.5 Å². The molecule has 2 N–H and O–H groups in total. The van der Waals surface area contributed by atoms with Crippen LogP contribution in [0.5, 0.6) is 0 Å². The van der Waals surface area contributed by atoms with E-state index < -0.39 is 0 Å². The van der Waals surface area contributed by atoms with E-state index >= 15 is 0 Å². The molecule has 7 heteroatoms. The summed E-state index contributed by atoms with van der Waals surface area (Å²) >= 11 is 0. The van der Waals surface area contributed by atoms with E-state index in [1.807, 2.05) is 20.8 Å². The third-order valence-corrected chi connectivity index (χ3v) is 6.12. The SMILES string of the molecule is CC(C)NC(=O)N1CCC(C(=O)OCC(=O)N[C@H](C)c2ccc3c(c2)CCCC3)CC1. The van der Waals surface area contributed by atoms with Crippen molar-refractivity contribution in [2.24, 2.45) is 5.92 Å². The molecule has 1 saturated heterocycles. The zero-order chi connectivity index (χ0) is 22.4. The number of benzene rings is 1. The maximum absolute atomic E-state index is 12.4. The fourth-order valence-corrected chi connectivity index (χ4v) is 4.30. The van der Waals surface area contributed by atoms with Crippen molar-refractivity contribution in [1.82, 2.24) is 15.5 Å². The van der Waals surface area contributed by atoms with Crippen molar-refractivity contribution in [3.05, 3.63) is 34.9 Å². The predicted octanol–water partition coefficient (Wildman–Crippen LogP) is 3.12. The van der Waals surface area contributed by atoms with Crippen LogP contribution in [0, 0.1) is 5.92 Å². The molecule has 0 spiro atoms. The number of rotatable bonds is 6. The number of nitrogens with zero attached hydrogens (tertiary/aromatic N) is 1. The number of amides is 3. The van der Waals surface area contributed by atoms with E-state index in [0.29, 0.717) is 25.9 Å². The van der Waals surface area contributed by atoms with Crippen molar-refractivity contribution in [3.63, 3.8) is 0 Å². The Hall–Kier alpha value is -2.57. The fourth-order valence-electron chi connectivity index (χ4n) is 4.30. The third kappa shape index (κ3) is 6.45. The van der Waals surface area contributed by atoms with Gasteiger partial charge in [-0.2, -0.15) is 0 Å². The number of hydrogen-bond donors (Lipinski definition) is 2. The zero-order valence-electron chi connectivity index (χ0n) is 18.9. The highest BCUT2D eigenvalue weighted by atomic mass is 16.5. The summed E-state index contributed by atoms with van der Waals surface area (Å²) in [5, 5.41) is 5.79. The van der Waals surface area contributed by atoms with Gasteiger partial charge in [-0.25, -0.2) is 4.79 Å². The molecule has 3 amide bonds. The van der Waals surface area contributed by atoms with Crippen LogP contribution in [0.15, 0.2) is 18.2 Å². The van der Waals surface area contributed by atoms with Crippen LogP contribution in [-0.2, 0) is 27.2 Å². The van der Waals surface area contributed by atoms with Crippen molar-refractivity contribution in [2.75, 3.05) is 19.7 Å². The first-order valence-corrected chi connectivity index (χ1v) is 11.5. The lowest BCUT2D eigenvalue weighted by Gasteiger charge is -2.31. The molecule has 1 aromatic rings. The number of aryl methyl sites for hydroxylation is 2. The number of fused-ring (bicyclic) bond motifs is 1. The number of nitrogens with one attached hydrogen (secondary N) is 2. The Labute approximate surface area is 184 Å². The molecule has 0 aromatic heterocycles. The summed E-state index contributed by atoms with van der Waals surface area (Å²) in [5.74, 6) is -0.929. The average Bonchev–Trinajstić information content (AvgIpc) is 2.76. The first-order chi connectivity index (χ1) is 14.8. The van der Waals surface area contributed by atoms with Gasteiger partial charge in [0.25, 0.3) is 5.91 Å². The van der Waals surface area contributed by atoms with Crippen LogP contribution >= 0.6 is 0 Å². The van der Waals surface area contributed by atoms with Gasteiger partial charge in [-0.05, 0) is 76.0 Å². The maximum atomic E-state index is 12.4. The molecule has 1 aliphatic carbocycles. The first-order valence-electron chi connectivity index (χ1n) is 11.5. The van der Waals surface area contributed by atoms with E-state index in [1.54, 1.807) is 4.90 Å². The molecule has 0 bridgehead atoms. The highest BCUT2D eigenvalue weighted by Crippen LogP contribution is 2.25. The van der Waals surface area contributed by atoms with Gasteiger partial charge in [-0.3, -0.25) is 9.59 Å². The second kappa shape index (κ2) is 10.6. The Morgan fingerprint density at radius 1 is 1.03 bits per heavy atom. The molecule has 3 rings (SSSR count). The third-order valence-electron chi connectivity index (χ3n) is 6.12. The molecule has 31 heavy (non-hydrogen) atoms. The molecule has 0 radical (unpaired) electrons. The van der Waals surface area contributed by atoms with Crippen LogP contribution in [0.1, 0.15) is 69.2 Å². The highest BCUT2D eigenvalue weighted by Gasteiger charge is 2.29. The van der Waals surface area contributed by atoms with Crippen molar-refractivity contribution < 1.29 is 19.1 Å². The summed E-state index contributed by atoms with van der Waals surface area (Å²) in [7, 11) is 0. The summed E-state index contributed by atoms with van der Waals surface area (Å²) < 4.78 is 5.26. The summed E-state index contributed by atoms with van der Waals surface area (Å²) in [6.07, 6.45) is 5.80. The molecule has 2 aliphatic rings. The normalized spacial score (nSPS) is 17.6. The smallest absolute Gasteiger partial charge is 0.317 e. The predicted molar refractivity (Wildman–Crippen MR) is 119 cm³/mol. The minimum atomic E-state index is -0.361. The number of carbonyl (C=O) groups is 3. The van der Waals surface area contributed by atoms with Crippen molar-refractivity contribution in [3.8, 4) is 0 Å². The van der Waals surface area contributed by atoms with Crippen LogP contribution in [0.25, 0.3) is 0 Å². The molecule has 1 aromatic carbocycles. The number of piperidine rings is 1. The highest BCUT2D eigenvalue weighted by molar-refractivity contribution is 5.82. The number of likely N-dealkylation sites (tertiary alicyclic amines) is 1. The van der Waals surface area contributed by atoms with Gasteiger partial charge in [0, 0.05) is 19.1 Å². The van der Waals surface area contributed by atoms with Crippen LogP contribution < -0.4 is 10.6 Å². The van der Waals surface area contributed by atoms with Crippen molar-refractivity contribution in [1.29, 1.82) is 0 Å². The second-order valence-corrected chi connectivity index (χ2v) is 9.00. The quantitative estimate of drug-likeness (QED) is 0.680. The number of urea groups is 1. The molecule has 0 saturated carbocycles. The Bertz CT molecular complexity index is 800. The Kier molecular flexibility index (Phi) is 7.93. The molecule has 170 valence electrons. The molecule has 7 nitrogen and oxygen atoms in total. The van der Waals surface area contributed by atoms with Gasteiger partial charge in [-0.1, -0.05) is 18.2 Å². The molecule has 1 heterocycles. The lowest BCUT2D eigenvalue weighted by atomic mass is 9.89. The number of carbonyl (C=O) groups excluding carboxylic acids is 3. The molecular weight excluding hydrogens is 394 g/mol. The van der Waals surface area contributed by atoms with Gasteiger partial charge in [0.2, 0.25) is 0 Å². The lowest BCUT2D eigenvalue weighted by Crippen LogP contribution is -2.47. The van der Waals surface area contributed by atoms with Gasteiger partial charge in [-0.15, -0.1) is 0 Å². The maximum Gasteiger partial charge on any atom is 0.317 e. The Balaban J connectivity index is 1.40. The molecule has 1 aliphatic heterocycles. The minimum absolute atomic E-state index is 0.0809. The zero-order valence-corrected chi connectivity index (χ0v) is 18.9. The Morgan fingerprint density at radius 2 is 1.71 bits per heavy atom. The van der Waals surface area contributed by atoms with Crippen molar-refractivity contribution in [2.45, 2.75) is 71.4 Å². The number of esters is 1. The monoisotopic (exact) mass is 429 g/mol. The average molecular weight is 430 g/mol. The van der Waals surface area contributed by atoms with Crippen molar-refractivity contribution >= 4 is 17.9 Å². The largest absolute Gasteiger partial charge is 0.455 e. The first kappa shape index (κ1) is 23.1. The number of ether oxygens (including phenoxy) is 1. The van der Waals surface area contributed by atoms with Gasteiger partial charge in [0.05, 0.1) is 12.0 Å². The minimum Gasteiger partial charge on any atom is -0.455 e. The molecule has 1 atom stereocenters. The lowest BCUT2D eigenvalue weighted by molar-refractivity contribution is -0.154. The summed E-state index contributed by atoms with van der Waals surface area (Å²) in [6.45, 7) is 6.53. The van der Waals surface area contributed by atoms with E-state index in [2.05, 4.69) is 28.8 Å². The Morgan fingerprint density at radius 3 is 2.39 bits per heavy atom. The van der Waals surface area contributed by atoms with Gasteiger partial charge in [0.15, 0.2) is 6.61 Å².